The van der Waals surface area contributed by atoms with Crippen molar-refractivity contribution in [1.29, 1.82) is 0 Å². The summed E-state index contributed by atoms with van der Waals surface area (Å²) >= 11 is 0. The van der Waals surface area contributed by atoms with Crippen molar-refractivity contribution < 1.29 is 22.9 Å². The first-order valence-corrected chi connectivity index (χ1v) is 11.5. The van der Waals surface area contributed by atoms with E-state index in [1.807, 2.05) is 0 Å². The molecule has 9 nitrogen and oxygen atoms in total. The Balaban J connectivity index is 1.64. The minimum absolute atomic E-state index is 0.0205. The monoisotopic (exact) mass is 465 g/mol. The Morgan fingerprint density at radius 3 is 2.30 bits per heavy atom. The van der Waals surface area contributed by atoms with Crippen LogP contribution in [0.2, 0.25) is 0 Å². The first-order valence-electron chi connectivity index (χ1n) is 10.00. The number of nitrogens with zero attached hydrogens (tertiary/aromatic N) is 2. The molecule has 0 aromatic heterocycles. The van der Waals surface area contributed by atoms with Gasteiger partial charge in [-0.25, -0.2) is 8.42 Å². The number of carbonyl (C=O) groups is 2. The van der Waals surface area contributed by atoms with E-state index in [4.69, 9.17) is 0 Å². The van der Waals surface area contributed by atoms with Crippen LogP contribution >= 0.6 is 0 Å². The van der Waals surface area contributed by atoms with Crippen molar-refractivity contribution in [2.24, 2.45) is 0 Å². The first kappa shape index (κ1) is 22.2. The highest BCUT2D eigenvalue weighted by atomic mass is 32.2. The highest BCUT2D eigenvalue weighted by Gasteiger charge is 2.39. The maximum absolute atomic E-state index is 13.4. The van der Waals surface area contributed by atoms with E-state index in [2.05, 4.69) is 5.32 Å². The van der Waals surface area contributed by atoms with E-state index in [1.54, 1.807) is 42.5 Å². The van der Waals surface area contributed by atoms with Gasteiger partial charge >= 0.3 is 0 Å². The van der Waals surface area contributed by atoms with Crippen molar-refractivity contribution in [3.05, 3.63) is 94.5 Å². The molecule has 10 heteroatoms. The van der Waals surface area contributed by atoms with E-state index in [1.165, 1.54) is 36.4 Å². The van der Waals surface area contributed by atoms with Crippen molar-refractivity contribution >= 4 is 38.7 Å². The smallest absolute Gasteiger partial charge is 0.269 e. The fourth-order valence-corrected chi connectivity index (χ4v) is 5.66. The van der Waals surface area contributed by atoms with Crippen LogP contribution in [0.5, 0.6) is 0 Å². The molecule has 1 aliphatic heterocycles. The summed E-state index contributed by atoms with van der Waals surface area (Å²) in [6.45, 7) is -0.413. The van der Waals surface area contributed by atoms with Crippen molar-refractivity contribution in [3.8, 4) is 0 Å². The van der Waals surface area contributed by atoms with Crippen LogP contribution in [0, 0.1) is 10.1 Å². The Bertz CT molecular complexity index is 1320. The third-order valence-corrected chi connectivity index (χ3v) is 7.48. The number of rotatable bonds is 5. The van der Waals surface area contributed by atoms with Gasteiger partial charge in [0.2, 0.25) is 11.8 Å². The minimum Gasteiger partial charge on any atom is -0.325 e. The Morgan fingerprint density at radius 2 is 1.64 bits per heavy atom. The lowest BCUT2D eigenvalue weighted by molar-refractivity contribution is -0.384. The predicted octanol–water partition coefficient (Wildman–Crippen LogP) is 3.49. The number of hydrogen-bond acceptors (Lipinski definition) is 6. The number of hydrogen-bond donors (Lipinski definition) is 1. The Hall–Kier alpha value is -4.05. The Morgan fingerprint density at radius 1 is 1.00 bits per heavy atom. The fraction of sp³-hybridized carbons (Fsp3) is 0.130. The van der Waals surface area contributed by atoms with Crippen LogP contribution in [0.1, 0.15) is 17.2 Å². The molecule has 3 aromatic carbocycles. The van der Waals surface area contributed by atoms with E-state index >= 15 is 0 Å². The van der Waals surface area contributed by atoms with Crippen LogP contribution in [-0.4, -0.2) is 31.7 Å². The zero-order valence-corrected chi connectivity index (χ0v) is 18.1. The molecule has 0 unspecified atom stereocenters. The number of nitro groups is 1. The lowest BCUT2D eigenvalue weighted by Crippen LogP contribution is -2.38. The number of amides is 2. The van der Waals surface area contributed by atoms with Gasteiger partial charge in [0, 0.05) is 24.2 Å². The van der Waals surface area contributed by atoms with E-state index in [0.29, 0.717) is 11.3 Å². The van der Waals surface area contributed by atoms with Crippen LogP contribution < -0.4 is 10.2 Å². The van der Waals surface area contributed by atoms with Gasteiger partial charge in [0.05, 0.1) is 20.8 Å². The van der Waals surface area contributed by atoms with Gasteiger partial charge in [0.25, 0.3) is 5.69 Å². The second-order valence-corrected chi connectivity index (χ2v) is 9.55. The van der Waals surface area contributed by atoms with E-state index in [9.17, 15) is 28.1 Å². The quantitative estimate of drug-likeness (QED) is 0.454. The molecule has 1 N–H and O–H groups in total. The number of non-ortho nitro benzene ring substituents is 1. The SMILES string of the molecule is O=C(CN1C(=O)C[C@@H](c2ccccc2)S(=O)(=O)c2ccccc21)Nc1ccc([N+](=O)[O-])cc1. The summed E-state index contributed by atoms with van der Waals surface area (Å²) in [6.07, 6.45) is -0.314. The number of nitrogens with one attached hydrogen (secondary N) is 1. The van der Waals surface area contributed by atoms with Crippen molar-refractivity contribution in [2.45, 2.75) is 16.6 Å². The number of benzene rings is 3. The summed E-state index contributed by atoms with van der Waals surface area (Å²) in [5.74, 6) is -1.07. The molecule has 168 valence electrons. The predicted molar refractivity (Wildman–Crippen MR) is 122 cm³/mol. The maximum Gasteiger partial charge on any atom is 0.269 e. The molecule has 0 fully saturated rings. The molecular formula is C23H19N3O6S. The van der Waals surface area contributed by atoms with Crippen molar-refractivity contribution in [2.75, 3.05) is 16.8 Å². The molecule has 3 aromatic rings. The summed E-state index contributed by atoms with van der Waals surface area (Å²) in [5, 5.41) is 12.3. The molecule has 0 radical (unpaired) electrons. The third-order valence-electron chi connectivity index (χ3n) is 5.33. The van der Waals surface area contributed by atoms with Gasteiger partial charge in [0.1, 0.15) is 6.54 Å². The van der Waals surface area contributed by atoms with Crippen molar-refractivity contribution in [1.82, 2.24) is 0 Å². The molecule has 1 aliphatic rings. The van der Waals surface area contributed by atoms with Crippen LogP contribution in [-0.2, 0) is 19.4 Å². The molecule has 1 atom stereocenters. The number of para-hydroxylation sites is 1. The highest BCUT2D eigenvalue weighted by Crippen LogP contribution is 2.40. The summed E-state index contributed by atoms with van der Waals surface area (Å²) in [4.78, 5) is 37.2. The second kappa shape index (κ2) is 8.83. The Kier molecular flexibility index (Phi) is 5.93. The number of anilines is 2. The van der Waals surface area contributed by atoms with Gasteiger partial charge in [-0.05, 0) is 29.8 Å². The lowest BCUT2D eigenvalue weighted by Gasteiger charge is -2.21. The van der Waals surface area contributed by atoms with Gasteiger partial charge in [0.15, 0.2) is 9.84 Å². The van der Waals surface area contributed by atoms with Crippen LogP contribution in [0.3, 0.4) is 0 Å². The summed E-state index contributed by atoms with van der Waals surface area (Å²) < 4.78 is 26.9. The molecule has 0 saturated heterocycles. The zero-order valence-electron chi connectivity index (χ0n) is 17.2. The van der Waals surface area contributed by atoms with E-state index in [0.717, 1.165) is 4.90 Å². The summed E-state index contributed by atoms with van der Waals surface area (Å²) in [6, 6.07) is 19.9. The zero-order chi connectivity index (χ0) is 23.6. The maximum atomic E-state index is 13.4. The van der Waals surface area contributed by atoms with Gasteiger partial charge in [-0.2, -0.15) is 0 Å². The Labute approximate surface area is 189 Å². The largest absolute Gasteiger partial charge is 0.325 e. The van der Waals surface area contributed by atoms with Crippen LogP contribution in [0.25, 0.3) is 0 Å². The molecular weight excluding hydrogens is 446 g/mol. The summed E-state index contributed by atoms with van der Waals surface area (Å²) in [5.41, 5.74) is 0.829. The van der Waals surface area contributed by atoms with Gasteiger partial charge in [-0.3, -0.25) is 19.7 Å². The first-order chi connectivity index (χ1) is 15.8. The van der Waals surface area contributed by atoms with Gasteiger partial charge in [-0.1, -0.05) is 42.5 Å². The average molecular weight is 465 g/mol. The molecule has 4 rings (SSSR count). The van der Waals surface area contributed by atoms with Gasteiger partial charge < -0.3 is 10.2 Å². The molecule has 0 saturated carbocycles. The van der Waals surface area contributed by atoms with E-state index < -0.39 is 38.4 Å². The average Bonchev–Trinajstić information content (AvgIpc) is 2.89. The molecule has 0 spiro atoms. The normalized spacial score (nSPS) is 17.0. The molecule has 1 heterocycles. The third kappa shape index (κ3) is 4.46. The lowest BCUT2D eigenvalue weighted by atomic mass is 10.1. The summed E-state index contributed by atoms with van der Waals surface area (Å²) in [7, 11) is -3.90. The second-order valence-electron chi connectivity index (χ2n) is 7.45. The molecule has 33 heavy (non-hydrogen) atoms. The number of nitro benzene ring substituents is 1. The minimum atomic E-state index is -3.90. The molecule has 0 bridgehead atoms. The number of sulfone groups is 1. The van der Waals surface area contributed by atoms with Crippen molar-refractivity contribution in [3.63, 3.8) is 0 Å². The standard InChI is InChI=1S/C23H19N3O6S/c27-22(24-17-10-12-18(13-11-17)26(29)30)15-25-19-8-4-5-9-20(19)33(31,32)21(14-23(25)28)16-6-2-1-3-7-16/h1-13,21H,14-15H2,(H,24,27)/t21-/m0/s1. The van der Waals surface area contributed by atoms with E-state index in [-0.39, 0.29) is 22.7 Å². The fourth-order valence-electron chi connectivity index (χ4n) is 3.74. The topological polar surface area (TPSA) is 127 Å². The van der Waals surface area contributed by atoms with Gasteiger partial charge in [-0.15, -0.1) is 0 Å². The van der Waals surface area contributed by atoms with Crippen LogP contribution in [0.4, 0.5) is 17.1 Å². The number of carbonyl (C=O) groups excluding carboxylic acids is 2. The molecule has 0 aliphatic carbocycles. The van der Waals surface area contributed by atoms with Crippen LogP contribution in [0.15, 0.2) is 83.8 Å². The highest BCUT2D eigenvalue weighted by molar-refractivity contribution is 7.92. The molecule has 2 amide bonds. The number of fused-ring (bicyclic) bond motifs is 1.